The molecule has 330 valence electrons. The van der Waals surface area contributed by atoms with Gasteiger partial charge in [-0.2, -0.15) is 4.98 Å². The second kappa shape index (κ2) is 22.6. The molecule has 3 N–H and O–H groups in total. The Bertz CT molecular complexity index is 2390. The number of carbonyl (C=O) groups excluding carboxylic acids is 2. The van der Waals surface area contributed by atoms with Crippen molar-refractivity contribution in [1.82, 2.24) is 40.1 Å². The van der Waals surface area contributed by atoms with Gasteiger partial charge in [0.15, 0.2) is 0 Å². The Morgan fingerprint density at radius 2 is 1.43 bits per heavy atom. The molecular formula is C46H52Cl3N11O3. The van der Waals surface area contributed by atoms with E-state index < -0.39 is 5.60 Å². The minimum atomic E-state index is -0.454. The lowest BCUT2D eigenvalue weighted by atomic mass is 10.0. The molecule has 14 nitrogen and oxygen atoms in total. The summed E-state index contributed by atoms with van der Waals surface area (Å²) in [7, 11) is 0. The molecule has 6 aromatic rings. The van der Waals surface area contributed by atoms with Crippen molar-refractivity contribution in [2.75, 3.05) is 41.7 Å². The number of hydrogen-bond donors (Lipinski definition) is 3. The Balaban J connectivity index is 0.000000192. The van der Waals surface area contributed by atoms with E-state index >= 15 is 0 Å². The number of piperidine rings is 2. The fraction of sp³-hybridized carbons (Fsp3) is 0.348. The van der Waals surface area contributed by atoms with Gasteiger partial charge in [0.25, 0.3) is 5.91 Å². The van der Waals surface area contributed by atoms with E-state index in [-0.39, 0.29) is 40.7 Å². The number of aromatic nitrogens is 6. The van der Waals surface area contributed by atoms with Gasteiger partial charge < -0.3 is 25.6 Å². The van der Waals surface area contributed by atoms with Crippen LogP contribution in [0.25, 0.3) is 10.8 Å². The minimum absolute atomic E-state index is 0.0292. The predicted molar refractivity (Wildman–Crippen MR) is 251 cm³/mol. The van der Waals surface area contributed by atoms with Gasteiger partial charge in [-0.05, 0) is 136 Å². The average molecular weight is 913 g/mol. The van der Waals surface area contributed by atoms with Crippen molar-refractivity contribution in [3.63, 3.8) is 0 Å². The van der Waals surface area contributed by atoms with E-state index in [0.717, 1.165) is 55.1 Å². The van der Waals surface area contributed by atoms with Crippen molar-refractivity contribution in [1.29, 1.82) is 0 Å². The van der Waals surface area contributed by atoms with E-state index in [1.165, 1.54) is 6.20 Å². The number of benzene rings is 3. The molecule has 2 aliphatic heterocycles. The lowest BCUT2D eigenvalue weighted by Crippen LogP contribution is -2.47. The maximum Gasteiger partial charge on any atom is 0.410 e. The SMILES string of the molecule is CC(C)(C)OC(=O)N1CCC(Nc2ccnc(Cl)n2)CC1.C[C@@H](Nc1nccc(N(C(=O)c2ccc3ccccc3c2)C2CCNCC2)n1)c1ccccc1.Clc1ccnc(Cl)n1. The zero-order chi connectivity index (χ0) is 44.8. The van der Waals surface area contributed by atoms with E-state index in [1.807, 2.05) is 86.3 Å². The maximum atomic E-state index is 13.9. The molecule has 0 aliphatic carbocycles. The van der Waals surface area contributed by atoms with Crippen LogP contribution in [0.2, 0.25) is 15.7 Å². The summed E-state index contributed by atoms with van der Waals surface area (Å²) in [5.41, 5.74) is 1.37. The third-order valence-corrected chi connectivity index (χ3v) is 10.7. The van der Waals surface area contributed by atoms with Crippen LogP contribution in [0, 0.1) is 0 Å². The Labute approximate surface area is 383 Å². The number of fused-ring (bicyclic) bond motifs is 1. The molecule has 0 radical (unpaired) electrons. The number of anilines is 3. The number of amides is 2. The largest absolute Gasteiger partial charge is 0.444 e. The Kier molecular flexibility index (Phi) is 16.8. The number of nitrogens with one attached hydrogen (secondary N) is 3. The molecule has 2 amide bonds. The number of carbonyl (C=O) groups is 2. The fourth-order valence-corrected chi connectivity index (χ4v) is 7.50. The molecule has 3 aromatic heterocycles. The smallest absolute Gasteiger partial charge is 0.410 e. The number of ether oxygens (including phenoxy) is 1. The minimum Gasteiger partial charge on any atom is -0.444 e. The van der Waals surface area contributed by atoms with Crippen LogP contribution in [0.1, 0.15) is 75.3 Å². The second-order valence-corrected chi connectivity index (χ2v) is 17.0. The average Bonchev–Trinajstić information content (AvgIpc) is 3.27. The van der Waals surface area contributed by atoms with Crippen LogP contribution in [0.15, 0.2) is 110 Å². The van der Waals surface area contributed by atoms with Gasteiger partial charge in [-0.1, -0.05) is 72.3 Å². The van der Waals surface area contributed by atoms with Crippen molar-refractivity contribution in [3.8, 4) is 0 Å². The fourth-order valence-electron chi connectivity index (χ4n) is 7.03. The van der Waals surface area contributed by atoms with Crippen LogP contribution in [-0.4, -0.2) is 90.7 Å². The number of nitrogens with zero attached hydrogens (tertiary/aromatic N) is 8. The van der Waals surface area contributed by atoms with E-state index in [1.54, 1.807) is 29.4 Å². The third-order valence-electron chi connectivity index (χ3n) is 10.1. The standard InChI is InChI=1S/C28H29N5O.C14H21ClN4O2.C4H2Cl2N2/c1-20(21-7-3-2-4-8-21)31-28-30-18-15-26(32-28)33(25-13-16-29-17-14-25)27(34)24-12-11-22-9-5-6-10-23(22)19-24;1-14(2,3)21-13(20)19-8-5-10(6-9-19)17-11-4-7-16-12(15)18-11;5-3-1-2-7-4(6)8-3/h2-12,15,18-20,25,29H,13-14,16-17H2,1H3,(H,30,31,32);4,7,10H,5-6,8-9H2,1-3H3,(H,16,17,18);1-2H/t20-;;/m1../s1. The van der Waals surface area contributed by atoms with Gasteiger partial charge in [0.05, 0.1) is 6.04 Å². The second-order valence-electron chi connectivity index (χ2n) is 16.0. The predicted octanol–water partition coefficient (Wildman–Crippen LogP) is 9.93. The maximum absolute atomic E-state index is 13.9. The Morgan fingerprint density at radius 3 is 2.08 bits per heavy atom. The third kappa shape index (κ3) is 14.4. The highest BCUT2D eigenvalue weighted by molar-refractivity contribution is 6.31. The molecule has 63 heavy (non-hydrogen) atoms. The molecule has 2 fully saturated rings. The van der Waals surface area contributed by atoms with Gasteiger partial charge in [-0.25, -0.2) is 29.7 Å². The van der Waals surface area contributed by atoms with E-state index in [0.29, 0.717) is 41.4 Å². The lowest BCUT2D eigenvalue weighted by molar-refractivity contribution is 0.0210. The van der Waals surface area contributed by atoms with Crippen molar-refractivity contribution >= 4 is 75.2 Å². The van der Waals surface area contributed by atoms with Crippen molar-refractivity contribution < 1.29 is 14.3 Å². The normalized spacial score (nSPS) is 14.9. The summed E-state index contributed by atoms with van der Waals surface area (Å²) in [6, 6.07) is 29.8. The van der Waals surface area contributed by atoms with Crippen LogP contribution in [0.5, 0.6) is 0 Å². The zero-order valence-corrected chi connectivity index (χ0v) is 38.0. The zero-order valence-electron chi connectivity index (χ0n) is 35.7. The van der Waals surface area contributed by atoms with Crippen LogP contribution in [-0.2, 0) is 4.74 Å². The molecule has 1 atom stereocenters. The highest BCUT2D eigenvalue weighted by Crippen LogP contribution is 2.26. The molecular weight excluding hydrogens is 861 g/mol. The van der Waals surface area contributed by atoms with Gasteiger partial charge >= 0.3 is 6.09 Å². The van der Waals surface area contributed by atoms with Crippen LogP contribution in [0.3, 0.4) is 0 Å². The molecule has 0 spiro atoms. The molecule has 3 aromatic carbocycles. The number of halogens is 3. The molecule has 17 heteroatoms. The van der Waals surface area contributed by atoms with Gasteiger partial charge in [0.1, 0.15) is 22.4 Å². The van der Waals surface area contributed by atoms with Crippen LogP contribution < -0.4 is 20.9 Å². The lowest BCUT2D eigenvalue weighted by Gasteiger charge is -2.34. The monoisotopic (exact) mass is 911 g/mol. The summed E-state index contributed by atoms with van der Waals surface area (Å²) in [6.07, 6.45) is 8.06. The molecule has 8 rings (SSSR count). The Hall–Kier alpha value is -5.67. The van der Waals surface area contributed by atoms with Gasteiger partial charge in [-0.3, -0.25) is 9.69 Å². The number of likely N-dealkylation sites (tertiary alicyclic amines) is 1. The van der Waals surface area contributed by atoms with Crippen molar-refractivity contribution in [2.45, 2.75) is 77.1 Å². The molecule has 0 bridgehead atoms. The van der Waals surface area contributed by atoms with Crippen LogP contribution >= 0.6 is 34.8 Å². The molecule has 2 aliphatic rings. The molecule has 2 saturated heterocycles. The van der Waals surface area contributed by atoms with Gasteiger partial charge in [-0.15, -0.1) is 0 Å². The first-order valence-electron chi connectivity index (χ1n) is 20.9. The van der Waals surface area contributed by atoms with Gasteiger partial charge in [0.2, 0.25) is 16.5 Å². The summed E-state index contributed by atoms with van der Waals surface area (Å²) in [6.45, 7) is 10.8. The van der Waals surface area contributed by atoms with Crippen LogP contribution in [0.4, 0.5) is 22.4 Å². The van der Waals surface area contributed by atoms with E-state index in [9.17, 15) is 9.59 Å². The first kappa shape index (κ1) is 46.8. The number of rotatable bonds is 8. The molecule has 0 saturated carbocycles. The summed E-state index contributed by atoms with van der Waals surface area (Å²) in [5.74, 6) is 1.83. The summed E-state index contributed by atoms with van der Waals surface area (Å²) in [4.78, 5) is 53.8. The summed E-state index contributed by atoms with van der Waals surface area (Å²) in [5, 5.41) is 13.0. The van der Waals surface area contributed by atoms with Gasteiger partial charge in [0, 0.05) is 49.3 Å². The van der Waals surface area contributed by atoms with E-state index in [2.05, 4.69) is 66.0 Å². The molecule has 5 heterocycles. The van der Waals surface area contributed by atoms with Crippen molar-refractivity contribution in [3.05, 3.63) is 136 Å². The number of hydrogen-bond acceptors (Lipinski definition) is 12. The topological polar surface area (TPSA) is 163 Å². The highest BCUT2D eigenvalue weighted by atomic mass is 35.5. The van der Waals surface area contributed by atoms with E-state index in [4.69, 9.17) is 44.5 Å². The first-order valence-corrected chi connectivity index (χ1v) is 22.0. The summed E-state index contributed by atoms with van der Waals surface area (Å²) < 4.78 is 5.37. The highest BCUT2D eigenvalue weighted by Gasteiger charge is 2.30. The van der Waals surface area contributed by atoms with Crippen molar-refractivity contribution in [2.24, 2.45) is 0 Å². The quantitative estimate of drug-likeness (QED) is 0.0980. The summed E-state index contributed by atoms with van der Waals surface area (Å²) >= 11 is 16.5. The Morgan fingerprint density at radius 1 is 0.778 bits per heavy atom. The first-order chi connectivity index (χ1) is 30.3. The molecule has 0 unspecified atom stereocenters.